The number of amides is 2. The van der Waals surface area contributed by atoms with Crippen molar-refractivity contribution < 1.29 is 14.3 Å². The van der Waals surface area contributed by atoms with Crippen molar-refractivity contribution in [2.24, 2.45) is 11.5 Å². The lowest BCUT2D eigenvalue weighted by Crippen LogP contribution is -2.20. The van der Waals surface area contributed by atoms with E-state index in [-0.39, 0.29) is 11.1 Å². The van der Waals surface area contributed by atoms with E-state index < -0.39 is 11.8 Å². The Morgan fingerprint density at radius 3 is 2.00 bits per heavy atom. The number of rotatable bonds is 4. The molecule has 0 atom stereocenters. The normalized spacial score (nSPS) is 9.89. The highest BCUT2D eigenvalue weighted by molar-refractivity contribution is 6.06. The first-order valence-corrected chi connectivity index (χ1v) is 5.54. The predicted molar refractivity (Wildman–Crippen MR) is 70.0 cm³/mol. The smallest absolute Gasteiger partial charge is 0.249 e. The molecule has 0 aliphatic heterocycles. The number of nitrogens with two attached hydrogens (primary N) is 2. The number of hydrogen-bond donors (Lipinski definition) is 2. The van der Waals surface area contributed by atoms with Crippen LogP contribution in [0.25, 0.3) is 0 Å². The van der Waals surface area contributed by atoms with E-state index in [1.165, 1.54) is 12.1 Å². The SMILES string of the molecule is NC(=O)c1ccc(Oc2ccccc2)cc1C(N)=O. The van der Waals surface area contributed by atoms with Crippen LogP contribution in [0.2, 0.25) is 0 Å². The summed E-state index contributed by atoms with van der Waals surface area (Å²) in [6, 6.07) is 13.4. The molecule has 2 aromatic rings. The molecule has 5 heteroatoms. The zero-order valence-corrected chi connectivity index (χ0v) is 10.00. The van der Waals surface area contributed by atoms with E-state index in [4.69, 9.17) is 16.2 Å². The summed E-state index contributed by atoms with van der Waals surface area (Å²) in [5.74, 6) is -0.415. The van der Waals surface area contributed by atoms with Crippen LogP contribution in [-0.2, 0) is 0 Å². The average molecular weight is 256 g/mol. The summed E-state index contributed by atoms with van der Waals surface area (Å²) in [5, 5.41) is 0. The number of carbonyl (C=O) groups excluding carboxylic acids is 2. The molecule has 19 heavy (non-hydrogen) atoms. The first-order chi connectivity index (χ1) is 9.08. The summed E-state index contributed by atoms with van der Waals surface area (Å²) >= 11 is 0. The predicted octanol–water partition coefficient (Wildman–Crippen LogP) is 1.68. The molecule has 0 spiro atoms. The van der Waals surface area contributed by atoms with E-state index in [2.05, 4.69) is 0 Å². The largest absolute Gasteiger partial charge is 0.457 e. The number of ether oxygens (including phenoxy) is 1. The van der Waals surface area contributed by atoms with Crippen LogP contribution in [0.15, 0.2) is 48.5 Å². The molecule has 0 heterocycles. The van der Waals surface area contributed by atoms with Crippen molar-refractivity contribution in [3.05, 3.63) is 59.7 Å². The van der Waals surface area contributed by atoms with Crippen LogP contribution in [0.4, 0.5) is 0 Å². The van der Waals surface area contributed by atoms with Crippen molar-refractivity contribution in [1.82, 2.24) is 0 Å². The number of hydrogen-bond acceptors (Lipinski definition) is 3. The molecule has 0 saturated carbocycles. The molecule has 2 rings (SSSR count). The van der Waals surface area contributed by atoms with Crippen molar-refractivity contribution in [2.45, 2.75) is 0 Å². The minimum atomic E-state index is -0.729. The van der Waals surface area contributed by atoms with Gasteiger partial charge in [-0.15, -0.1) is 0 Å². The molecular weight excluding hydrogens is 244 g/mol. The van der Waals surface area contributed by atoms with Crippen LogP contribution < -0.4 is 16.2 Å². The van der Waals surface area contributed by atoms with Crippen LogP contribution in [0.5, 0.6) is 11.5 Å². The Hall–Kier alpha value is -2.82. The maximum atomic E-state index is 11.3. The van der Waals surface area contributed by atoms with E-state index in [0.29, 0.717) is 11.5 Å². The lowest BCUT2D eigenvalue weighted by molar-refractivity contribution is 0.0967. The second kappa shape index (κ2) is 5.22. The zero-order valence-electron chi connectivity index (χ0n) is 10.00. The summed E-state index contributed by atoms with van der Waals surface area (Å²) in [6.07, 6.45) is 0. The highest BCUT2D eigenvalue weighted by atomic mass is 16.5. The summed E-state index contributed by atoms with van der Waals surface area (Å²) in [4.78, 5) is 22.5. The highest BCUT2D eigenvalue weighted by Crippen LogP contribution is 2.23. The zero-order chi connectivity index (χ0) is 13.8. The van der Waals surface area contributed by atoms with Crippen molar-refractivity contribution in [3.63, 3.8) is 0 Å². The van der Waals surface area contributed by atoms with E-state index in [1.54, 1.807) is 18.2 Å². The third kappa shape index (κ3) is 2.90. The standard InChI is InChI=1S/C14H12N2O3/c15-13(17)11-7-6-10(8-12(11)14(16)18)19-9-4-2-1-3-5-9/h1-8H,(H2,15,17)(H2,16,18). The van der Waals surface area contributed by atoms with Gasteiger partial charge in [-0.1, -0.05) is 18.2 Å². The van der Waals surface area contributed by atoms with Gasteiger partial charge in [-0.2, -0.15) is 0 Å². The molecule has 2 amide bonds. The fourth-order valence-electron chi connectivity index (χ4n) is 1.63. The van der Waals surface area contributed by atoms with Gasteiger partial charge in [-0.3, -0.25) is 9.59 Å². The molecule has 4 N–H and O–H groups in total. The van der Waals surface area contributed by atoms with E-state index in [0.717, 1.165) is 0 Å². The Morgan fingerprint density at radius 2 is 1.42 bits per heavy atom. The molecule has 0 fully saturated rings. The molecule has 5 nitrogen and oxygen atoms in total. The molecular formula is C14H12N2O3. The number of carbonyl (C=O) groups is 2. The van der Waals surface area contributed by atoms with E-state index in [1.807, 2.05) is 18.2 Å². The van der Waals surface area contributed by atoms with Crippen molar-refractivity contribution in [1.29, 1.82) is 0 Å². The highest BCUT2D eigenvalue weighted by Gasteiger charge is 2.14. The third-order valence-electron chi connectivity index (χ3n) is 2.50. The van der Waals surface area contributed by atoms with Gasteiger partial charge in [-0.25, -0.2) is 0 Å². The minimum Gasteiger partial charge on any atom is -0.457 e. The van der Waals surface area contributed by atoms with Crippen LogP contribution >= 0.6 is 0 Å². The van der Waals surface area contributed by atoms with Crippen LogP contribution in [0.3, 0.4) is 0 Å². The van der Waals surface area contributed by atoms with Gasteiger partial charge in [0.05, 0.1) is 11.1 Å². The van der Waals surface area contributed by atoms with Gasteiger partial charge in [-0.05, 0) is 30.3 Å². The number of benzene rings is 2. The Morgan fingerprint density at radius 1 is 0.789 bits per heavy atom. The average Bonchev–Trinajstić information content (AvgIpc) is 2.39. The minimum absolute atomic E-state index is 0.0425. The molecule has 0 saturated heterocycles. The maximum absolute atomic E-state index is 11.3. The summed E-state index contributed by atoms with van der Waals surface area (Å²) in [6.45, 7) is 0. The lowest BCUT2D eigenvalue weighted by Gasteiger charge is -2.08. The Labute approximate surface area is 109 Å². The molecule has 0 aliphatic carbocycles. The third-order valence-corrected chi connectivity index (χ3v) is 2.50. The van der Waals surface area contributed by atoms with Gasteiger partial charge in [0.2, 0.25) is 11.8 Å². The van der Waals surface area contributed by atoms with Gasteiger partial charge in [0, 0.05) is 0 Å². The van der Waals surface area contributed by atoms with Crippen LogP contribution in [-0.4, -0.2) is 11.8 Å². The number of primary amides is 2. The quantitative estimate of drug-likeness (QED) is 0.871. The molecule has 96 valence electrons. The molecule has 0 unspecified atom stereocenters. The van der Waals surface area contributed by atoms with Crippen molar-refractivity contribution in [2.75, 3.05) is 0 Å². The molecule has 0 aromatic heterocycles. The van der Waals surface area contributed by atoms with Gasteiger partial charge in [0.15, 0.2) is 0 Å². The molecule has 0 bridgehead atoms. The van der Waals surface area contributed by atoms with Crippen LogP contribution in [0.1, 0.15) is 20.7 Å². The second-order valence-electron chi connectivity index (χ2n) is 3.85. The Kier molecular flexibility index (Phi) is 3.47. The van der Waals surface area contributed by atoms with Gasteiger partial charge in [0.1, 0.15) is 11.5 Å². The topological polar surface area (TPSA) is 95.4 Å². The fourth-order valence-corrected chi connectivity index (χ4v) is 1.63. The van der Waals surface area contributed by atoms with Gasteiger partial charge >= 0.3 is 0 Å². The monoisotopic (exact) mass is 256 g/mol. The molecule has 0 radical (unpaired) electrons. The number of para-hydroxylation sites is 1. The Bertz CT molecular complexity index is 624. The summed E-state index contributed by atoms with van der Waals surface area (Å²) in [7, 11) is 0. The lowest BCUT2D eigenvalue weighted by atomic mass is 10.1. The first kappa shape index (κ1) is 12.6. The van der Waals surface area contributed by atoms with Crippen molar-refractivity contribution >= 4 is 11.8 Å². The second-order valence-corrected chi connectivity index (χ2v) is 3.85. The molecule has 0 aliphatic rings. The van der Waals surface area contributed by atoms with E-state index >= 15 is 0 Å². The first-order valence-electron chi connectivity index (χ1n) is 5.54. The van der Waals surface area contributed by atoms with E-state index in [9.17, 15) is 9.59 Å². The van der Waals surface area contributed by atoms with Crippen molar-refractivity contribution in [3.8, 4) is 11.5 Å². The van der Waals surface area contributed by atoms with Gasteiger partial charge in [0.25, 0.3) is 0 Å². The van der Waals surface area contributed by atoms with Gasteiger partial charge < -0.3 is 16.2 Å². The molecule has 2 aromatic carbocycles. The fraction of sp³-hybridized carbons (Fsp3) is 0. The maximum Gasteiger partial charge on any atom is 0.249 e. The summed E-state index contributed by atoms with van der Waals surface area (Å²) < 4.78 is 5.54. The summed E-state index contributed by atoms with van der Waals surface area (Å²) in [5.41, 5.74) is 10.5. The Balaban J connectivity index is 2.36. The van der Waals surface area contributed by atoms with Crippen LogP contribution in [0, 0.1) is 0 Å².